The summed E-state index contributed by atoms with van der Waals surface area (Å²) in [5.41, 5.74) is 2.95. The van der Waals surface area contributed by atoms with Crippen LogP contribution in [-0.4, -0.2) is 54.4 Å². The highest BCUT2D eigenvalue weighted by molar-refractivity contribution is 5.95. The third-order valence-corrected chi connectivity index (χ3v) is 8.95. The van der Waals surface area contributed by atoms with Crippen LogP contribution < -0.4 is 35.6 Å². The lowest BCUT2D eigenvalue weighted by Crippen LogP contribution is -2.41. The van der Waals surface area contributed by atoms with Crippen LogP contribution in [0.5, 0.6) is 17.2 Å². The summed E-state index contributed by atoms with van der Waals surface area (Å²) in [5.74, 6) is 2.09. The van der Waals surface area contributed by atoms with Crippen LogP contribution in [0.3, 0.4) is 0 Å². The normalized spacial score (nSPS) is 17.0. The molecule has 12 nitrogen and oxygen atoms in total. The van der Waals surface area contributed by atoms with Gasteiger partial charge in [-0.1, -0.05) is 32.8 Å². The van der Waals surface area contributed by atoms with E-state index in [-0.39, 0.29) is 34.8 Å². The van der Waals surface area contributed by atoms with Gasteiger partial charge in [-0.25, -0.2) is 0 Å². The third-order valence-electron chi connectivity index (χ3n) is 8.95. The number of nitrogens with zero attached hydrogens (tertiary/aromatic N) is 2. The van der Waals surface area contributed by atoms with Gasteiger partial charge in [-0.05, 0) is 66.5 Å². The number of hydrogen-bond acceptors (Lipinski definition) is 9. The van der Waals surface area contributed by atoms with Gasteiger partial charge in [-0.15, -0.1) is 5.10 Å². The zero-order chi connectivity index (χ0) is 32.2. The Morgan fingerprint density at radius 2 is 1.82 bits per heavy atom. The minimum atomic E-state index is -0.743. The Labute approximate surface area is 262 Å². The van der Waals surface area contributed by atoms with Crippen LogP contribution in [0.4, 0.5) is 11.6 Å². The lowest BCUT2D eigenvalue weighted by atomic mass is 9.85. The molecule has 4 N–H and O–H groups in total. The van der Waals surface area contributed by atoms with E-state index in [9.17, 15) is 14.4 Å². The van der Waals surface area contributed by atoms with E-state index in [1.165, 1.54) is 13.0 Å². The molecule has 0 unspecified atom stereocenters. The van der Waals surface area contributed by atoms with Crippen molar-refractivity contribution in [2.45, 2.75) is 77.3 Å². The molecule has 12 heteroatoms. The second-order valence-electron chi connectivity index (χ2n) is 11.8. The number of benzene rings is 1. The van der Waals surface area contributed by atoms with Crippen LogP contribution in [0.15, 0.2) is 29.1 Å². The highest BCUT2D eigenvalue weighted by Crippen LogP contribution is 2.50. The molecule has 5 rings (SSSR count). The number of fused-ring (bicyclic) bond motifs is 3. The molecule has 2 aromatic carbocycles. The molecule has 0 aliphatic heterocycles. The molecule has 0 saturated heterocycles. The number of amides is 2. The van der Waals surface area contributed by atoms with Crippen LogP contribution in [-0.2, 0) is 16.0 Å². The van der Waals surface area contributed by atoms with Crippen molar-refractivity contribution in [3.63, 3.8) is 0 Å². The maximum Gasteiger partial charge on any atom is 0.249 e. The van der Waals surface area contributed by atoms with Gasteiger partial charge in [0.05, 0.1) is 33.1 Å². The molecule has 0 bridgehead atoms. The summed E-state index contributed by atoms with van der Waals surface area (Å²) in [7, 11) is 4.66. The van der Waals surface area contributed by atoms with E-state index in [0.29, 0.717) is 53.6 Å². The summed E-state index contributed by atoms with van der Waals surface area (Å²) in [5, 5.41) is 16.2. The van der Waals surface area contributed by atoms with Gasteiger partial charge >= 0.3 is 0 Å². The van der Waals surface area contributed by atoms with Gasteiger partial charge in [0, 0.05) is 18.4 Å². The van der Waals surface area contributed by atoms with E-state index in [1.807, 2.05) is 26.0 Å². The van der Waals surface area contributed by atoms with Crippen LogP contribution in [0.25, 0.3) is 11.1 Å². The van der Waals surface area contributed by atoms with Crippen molar-refractivity contribution in [3.8, 4) is 28.4 Å². The minimum absolute atomic E-state index is 0.123. The number of aromatic nitrogens is 3. The van der Waals surface area contributed by atoms with Crippen LogP contribution in [0, 0.1) is 5.92 Å². The number of carbonyl (C=O) groups is 2. The Hall–Kier alpha value is -4.61. The fraction of sp³-hybridized carbons (Fsp3) is 0.485. The van der Waals surface area contributed by atoms with Crippen molar-refractivity contribution in [2.24, 2.45) is 5.92 Å². The second-order valence-corrected chi connectivity index (χ2v) is 11.8. The van der Waals surface area contributed by atoms with Crippen molar-refractivity contribution in [1.82, 2.24) is 20.5 Å². The molecule has 1 saturated carbocycles. The van der Waals surface area contributed by atoms with Crippen LogP contribution in [0.1, 0.15) is 81.8 Å². The molecular weight excluding hydrogens is 576 g/mol. The van der Waals surface area contributed by atoms with Crippen molar-refractivity contribution >= 4 is 23.5 Å². The van der Waals surface area contributed by atoms with E-state index >= 15 is 0 Å². The summed E-state index contributed by atoms with van der Waals surface area (Å²) in [4.78, 5) is 44.2. The molecular formula is C33H42N6O6. The molecule has 3 atom stereocenters. The summed E-state index contributed by atoms with van der Waals surface area (Å²) >= 11 is 0. The van der Waals surface area contributed by atoms with Crippen molar-refractivity contribution in [1.29, 1.82) is 0 Å². The largest absolute Gasteiger partial charge is 0.493 e. The zero-order valence-corrected chi connectivity index (χ0v) is 26.7. The number of hydrogen-bond donors (Lipinski definition) is 4. The molecule has 1 aromatic heterocycles. The monoisotopic (exact) mass is 618 g/mol. The molecule has 3 aromatic rings. The molecule has 1 heterocycles. The average Bonchev–Trinajstić information content (AvgIpc) is 3.31. The van der Waals surface area contributed by atoms with Gasteiger partial charge in [0.25, 0.3) is 0 Å². The smallest absolute Gasteiger partial charge is 0.249 e. The summed E-state index contributed by atoms with van der Waals surface area (Å²) < 4.78 is 17.2. The number of anilines is 2. The van der Waals surface area contributed by atoms with Gasteiger partial charge in [-0.2, -0.15) is 4.98 Å². The number of carbonyl (C=O) groups excluding carboxylic acids is 2. The quantitative estimate of drug-likeness (QED) is 0.239. The maximum atomic E-state index is 13.9. The van der Waals surface area contributed by atoms with Crippen LogP contribution in [0.2, 0.25) is 0 Å². The first-order chi connectivity index (χ1) is 21.7. The fourth-order valence-electron chi connectivity index (χ4n) is 6.08. The Balaban J connectivity index is 1.56. The number of methoxy groups -OCH3 is 3. The first-order valence-corrected chi connectivity index (χ1v) is 15.5. The summed E-state index contributed by atoms with van der Waals surface area (Å²) in [6.07, 6.45) is 5.10. The van der Waals surface area contributed by atoms with E-state index in [4.69, 9.17) is 14.2 Å². The third kappa shape index (κ3) is 6.45. The predicted octanol–water partition coefficient (Wildman–Crippen LogP) is 4.71. The Kier molecular flexibility index (Phi) is 9.60. The molecule has 2 aliphatic rings. The number of aryl methyl sites for hydroxylation is 1. The van der Waals surface area contributed by atoms with E-state index in [1.54, 1.807) is 27.4 Å². The zero-order valence-electron chi connectivity index (χ0n) is 26.7. The molecule has 2 aliphatic carbocycles. The number of aromatic amines is 1. The average molecular weight is 619 g/mol. The lowest BCUT2D eigenvalue weighted by molar-refractivity contribution is -0.120. The van der Waals surface area contributed by atoms with E-state index in [0.717, 1.165) is 36.2 Å². The van der Waals surface area contributed by atoms with Gasteiger partial charge in [0.1, 0.15) is 11.9 Å². The summed E-state index contributed by atoms with van der Waals surface area (Å²) in [6, 6.07) is 5.77. The Morgan fingerprint density at radius 1 is 1.07 bits per heavy atom. The maximum absolute atomic E-state index is 13.9. The number of ether oxygens (including phenoxy) is 3. The Bertz CT molecular complexity index is 1630. The van der Waals surface area contributed by atoms with Crippen molar-refractivity contribution in [3.05, 3.63) is 51.4 Å². The molecule has 240 valence electrons. The SMILES string of the molecule is CC[C@@H](C)[C@H](Nc1ccc2c(cc1=O)[C@@H](NC(C)=O)CCc1cc(OC)c(OC)c(OC)c1-2)C(=O)Nc1n[nH]c(C2CCC2)n1. The standard InChI is InChI=1S/C33H42N6O6/c1-7-17(2)28(32(42)37-33-36-31(38-39-33)19-9-8-10-19)35-24-14-12-21-22(16-25(24)41)23(34-18(3)40)13-11-20-15-26(43-4)29(44-5)30(45-6)27(20)21/h12,14-17,19,23,28H,7-11,13H2,1-6H3,(H,34,40)(H,35,41)(H2,36,37,38,39,42)/t17-,23+,28+/m1/s1. The van der Waals surface area contributed by atoms with Crippen molar-refractivity contribution in [2.75, 3.05) is 32.0 Å². The number of H-pyrrole nitrogens is 1. The summed E-state index contributed by atoms with van der Waals surface area (Å²) in [6.45, 7) is 5.39. The molecule has 1 fully saturated rings. The van der Waals surface area contributed by atoms with Gasteiger partial charge in [0.2, 0.25) is 28.9 Å². The Morgan fingerprint density at radius 3 is 2.44 bits per heavy atom. The first-order valence-electron chi connectivity index (χ1n) is 15.5. The van der Waals surface area contributed by atoms with Crippen molar-refractivity contribution < 1.29 is 23.8 Å². The molecule has 0 radical (unpaired) electrons. The highest BCUT2D eigenvalue weighted by atomic mass is 16.5. The number of nitrogens with one attached hydrogen (secondary N) is 4. The van der Waals surface area contributed by atoms with Gasteiger partial charge < -0.3 is 24.8 Å². The second kappa shape index (κ2) is 13.6. The number of rotatable bonds is 11. The van der Waals surface area contributed by atoms with E-state index in [2.05, 4.69) is 31.1 Å². The van der Waals surface area contributed by atoms with E-state index < -0.39 is 12.1 Å². The highest BCUT2D eigenvalue weighted by Gasteiger charge is 2.31. The molecule has 45 heavy (non-hydrogen) atoms. The predicted molar refractivity (Wildman–Crippen MR) is 171 cm³/mol. The van der Waals surface area contributed by atoms with Gasteiger partial charge in [0.15, 0.2) is 11.5 Å². The first kappa shape index (κ1) is 31.8. The minimum Gasteiger partial charge on any atom is -0.493 e. The lowest BCUT2D eigenvalue weighted by Gasteiger charge is -2.23. The van der Waals surface area contributed by atoms with Gasteiger partial charge in [-0.3, -0.25) is 24.8 Å². The molecule has 0 spiro atoms. The topological polar surface area (TPSA) is 157 Å². The fourth-order valence-corrected chi connectivity index (χ4v) is 6.08. The molecule has 2 amide bonds. The van der Waals surface area contributed by atoms with Crippen LogP contribution >= 0.6 is 0 Å².